The van der Waals surface area contributed by atoms with Crippen molar-refractivity contribution in [2.75, 3.05) is 6.61 Å². The second-order valence-corrected chi connectivity index (χ2v) is 10.8. The molecule has 0 aromatic heterocycles. The normalized spacial score (nSPS) is 14.5. The van der Waals surface area contributed by atoms with Gasteiger partial charge in [-0.25, -0.2) is 0 Å². The Hall–Kier alpha value is -2.94. The van der Waals surface area contributed by atoms with Crippen LogP contribution in [0.4, 0.5) is 0 Å². The summed E-state index contributed by atoms with van der Waals surface area (Å²) in [5.74, 6) is -3.41. The van der Waals surface area contributed by atoms with Gasteiger partial charge in [0.25, 0.3) is 0 Å². The number of carbonyl (C=O) groups is 4. The lowest BCUT2D eigenvalue weighted by molar-refractivity contribution is -0.149. The molecule has 0 aliphatic heterocycles. The van der Waals surface area contributed by atoms with E-state index in [4.69, 9.17) is 19.9 Å². The summed E-state index contributed by atoms with van der Waals surface area (Å²) in [6, 6.07) is 3.24. The molecule has 0 bridgehead atoms. The number of rotatable bonds is 16. The molecule has 3 unspecified atom stereocenters. The van der Waals surface area contributed by atoms with Crippen LogP contribution in [0.15, 0.2) is 18.2 Å². The lowest BCUT2D eigenvalue weighted by atomic mass is 9.82. The van der Waals surface area contributed by atoms with Gasteiger partial charge in [-0.1, -0.05) is 54.5 Å². The predicted octanol–water partition coefficient (Wildman–Crippen LogP) is 5.09. The van der Waals surface area contributed by atoms with E-state index in [0.717, 1.165) is 0 Å². The third-order valence-corrected chi connectivity index (χ3v) is 6.44. The maximum absolute atomic E-state index is 12.6. The molecule has 1 aromatic rings. The second-order valence-electron chi connectivity index (χ2n) is 10.8. The fourth-order valence-corrected chi connectivity index (χ4v) is 3.73. The van der Waals surface area contributed by atoms with Gasteiger partial charge in [-0.2, -0.15) is 0 Å². The largest absolute Gasteiger partial charge is 0.480 e. The monoisotopic (exact) mass is 535 g/mol. The Kier molecular flexibility index (Phi) is 14.0. The van der Waals surface area contributed by atoms with Crippen molar-refractivity contribution < 1.29 is 38.5 Å². The average molecular weight is 536 g/mol. The standard InChI is InChI=1S/C29H45NO8/c1-8-19(6)29(35)36-16-20(7)26(27(30)28(33)34)21-11-12-22(37-24(31)13-9-17(2)3)23(15-21)38-25(32)14-10-18(4)5/h11-12,15,17-20,26-27H,8-10,13-14,16,30H2,1-7H3,(H,33,34)/t19?,20?,26?,27-/m0/s1. The molecule has 0 spiro atoms. The summed E-state index contributed by atoms with van der Waals surface area (Å²) < 4.78 is 16.5. The van der Waals surface area contributed by atoms with E-state index < -0.39 is 35.8 Å². The Bertz CT molecular complexity index is 943. The first-order chi connectivity index (χ1) is 17.8. The maximum atomic E-state index is 12.6. The van der Waals surface area contributed by atoms with Gasteiger partial charge >= 0.3 is 23.9 Å². The number of benzene rings is 1. The molecule has 0 aliphatic rings. The number of ether oxygens (including phenoxy) is 3. The van der Waals surface area contributed by atoms with Crippen molar-refractivity contribution in [3.8, 4) is 11.5 Å². The lowest BCUT2D eigenvalue weighted by Crippen LogP contribution is -2.40. The first kappa shape index (κ1) is 33.1. The van der Waals surface area contributed by atoms with E-state index >= 15 is 0 Å². The van der Waals surface area contributed by atoms with E-state index in [9.17, 15) is 24.3 Å². The molecule has 0 radical (unpaired) electrons. The third-order valence-electron chi connectivity index (χ3n) is 6.44. The molecule has 0 heterocycles. The summed E-state index contributed by atoms with van der Waals surface area (Å²) in [4.78, 5) is 49.0. The van der Waals surface area contributed by atoms with Gasteiger partial charge in [0.1, 0.15) is 6.04 Å². The van der Waals surface area contributed by atoms with Crippen molar-refractivity contribution in [1.82, 2.24) is 0 Å². The Morgan fingerprint density at radius 2 is 1.39 bits per heavy atom. The highest BCUT2D eigenvalue weighted by Crippen LogP contribution is 2.36. The lowest BCUT2D eigenvalue weighted by Gasteiger charge is -2.28. The van der Waals surface area contributed by atoms with Crippen LogP contribution in [-0.2, 0) is 23.9 Å². The molecule has 38 heavy (non-hydrogen) atoms. The first-order valence-electron chi connectivity index (χ1n) is 13.5. The molecular weight excluding hydrogens is 490 g/mol. The molecule has 1 rings (SSSR count). The van der Waals surface area contributed by atoms with E-state index in [-0.39, 0.29) is 42.8 Å². The number of carboxylic acids is 1. The average Bonchev–Trinajstić information content (AvgIpc) is 2.85. The fourth-order valence-electron chi connectivity index (χ4n) is 3.73. The van der Waals surface area contributed by atoms with Crippen LogP contribution >= 0.6 is 0 Å². The zero-order chi connectivity index (χ0) is 29.0. The van der Waals surface area contributed by atoms with E-state index in [1.54, 1.807) is 19.9 Å². The first-order valence-corrected chi connectivity index (χ1v) is 13.5. The topological polar surface area (TPSA) is 142 Å². The van der Waals surface area contributed by atoms with Crippen molar-refractivity contribution >= 4 is 23.9 Å². The Balaban J connectivity index is 3.33. The van der Waals surface area contributed by atoms with Crippen molar-refractivity contribution in [2.45, 2.75) is 92.5 Å². The number of esters is 3. The number of aliphatic carboxylic acids is 1. The molecule has 4 atom stereocenters. The number of carbonyl (C=O) groups excluding carboxylic acids is 3. The number of carboxylic acid groups (broad SMARTS) is 1. The molecule has 9 nitrogen and oxygen atoms in total. The molecule has 1 aromatic carbocycles. The minimum absolute atomic E-state index is 0.0144. The predicted molar refractivity (Wildman–Crippen MR) is 144 cm³/mol. The van der Waals surface area contributed by atoms with Gasteiger partial charge in [0.15, 0.2) is 11.5 Å². The molecular formula is C29H45NO8. The number of hydrogen-bond donors (Lipinski definition) is 2. The Morgan fingerprint density at radius 3 is 1.87 bits per heavy atom. The maximum Gasteiger partial charge on any atom is 0.321 e. The quantitative estimate of drug-likeness (QED) is 0.218. The smallest absolute Gasteiger partial charge is 0.321 e. The van der Waals surface area contributed by atoms with Crippen LogP contribution < -0.4 is 15.2 Å². The van der Waals surface area contributed by atoms with Crippen LogP contribution in [0.2, 0.25) is 0 Å². The van der Waals surface area contributed by atoms with Gasteiger partial charge < -0.3 is 25.1 Å². The highest BCUT2D eigenvalue weighted by Gasteiger charge is 2.33. The van der Waals surface area contributed by atoms with Gasteiger partial charge in [0.05, 0.1) is 12.5 Å². The fraction of sp³-hybridized carbons (Fsp3) is 0.655. The van der Waals surface area contributed by atoms with Crippen molar-refractivity contribution in [3.05, 3.63) is 23.8 Å². The summed E-state index contributed by atoms with van der Waals surface area (Å²) in [5, 5.41) is 9.69. The Labute approximate surface area is 226 Å². The Morgan fingerprint density at radius 1 is 0.868 bits per heavy atom. The van der Waals surface area contributed by atoms with E-state index in [1.807, 2.05) is 34.6 Å². The molecule has 0 amide bonds. The third kappa shape index (κ3) is 11.2. The number of nitrogens with two attached hydrogens (primary N) is 1. The van der Waals surface area contributed by atoms with Crippen LogP contribution in [0.1, 0.15) is 92.1 Å². The van der Waals surface area contributed by atoms with Crippen LogP contribution in [0.3, 0.4) is 0 Å². The highest BCUT2D eigenvalue weighted by atomic mass is 16.6. The van der Waals surface area contributed by atoms with Gasteiger partial charge in [-0.15, -0.1) is 0 Å². The molecule has 0 saturated carbocycles. The van der Waals surface area contributed by atoms with Crippen LogP contribution in [0, 0.1) is 23.7 Å². The summed E-state index contributed by atoms with van der Waals surface area (Å²) >= 11 is 0. The zero-order valence-corrected chi connectivity index (χ0v) is 23.8. The van der Waals surface area contributed by atoms with Crippen LogP contribution in [-0.4, -0.2) is 41.6 Å². The van der Waals surface area contributed by atoms with Crippen molar-refractivity contribution in [1.29, 1.82) is 0 Å². The zero-order valence-electron chi connectivity index (χ0n) is 23.8. The number of hydrogen-bond acceptors (Lipinski definition) is 8. The highest BCUT2D eigenvalue weighted by molar-refractivity contribution is 5.77. The minimum atomic E-state index is -1.32. The summed E-state index contributed by atoms with van der Waals surface area (Å²) in [7, 11) is 0. The molecule has 0 saturated heterocycles. The van der Waals surface area contributed by atoms with Gasteiger partial charge in [0, 0.05) is 18.8 Å². The molecule has 0 fully saturated rings. The van der Waals surface area contributed by atoms with Crippen molar-refractivity contribution in [3.63, 3.8) is 0 Å². The van der Waals surface area contributed by atoms with Crippen LogP contribution in [0.25, 0.3) is 0 Å². The minimum Gasteiger partial charge on any atom is -0.480 e. The molecule has 214 valence electrons. The molecule has 0 aliphatic carbocycles. The van der Waals surface area contributed by atoms with Crippen molar-refractivity contribution in [2.24, 2.45) is 29.4 Å². The summed E-state index contributed by atoms with van der Waals surface area (Å²) in [6.45, 7) is 13.3. The summed E-state index contributed by atoms with van der Waals surface area (Å²) in [5.41, 5.74) is 6.53. The second kappa shape index (κ2) is 16.1. The molecule has 9 heteroatoms. The van der Waals surface area contributed by atoms with E-state index in [1.165, 1.54) is 12.1 Å². The van der Waals surface area contributed by atoms with Crippen LogP contribution in [0.5, 0.6) is 11.5 Å². The van der Waals surface area contributed by atoms with Gasteiger partial charge in [0.2, 0.25) is 0 Å². The van der Waals surface area contributed by atoms with Gasteiger partial charge in [-0.05, 0) is 54.7 Å². The van der Waals surface area contributed by atoms with Gasteiger partial charge in [-0.3, -0.25) is 19.2 Å². The molecule has 3 N–H and O–H groups in total. The summed E-state index contributed by atoms with van der Waals surface area (Å²) in [6.07, 6.45) is 2.25. The van der Waals surface area contributed by atoms with E-state index in [2.05, 4.69) is 0 Å². The van der Waals surface area contributed by atoms with E-state index in [0.29, 0.717) is 36.7 Å². The SMILES string of the molecule is CCC(C)C(=O)OCC(C)C(c1ccc(OC(=O)CCC(C)C)c(OC(=O)CCC(C)C)c1)[C@H](N)C(=O)O.